The number of rotatable bonds is 8. The molecule has 2 N–H and O–H groups in total. The molecule has 0 atom stereocenters. The second-order valence-electron chi connectivity index (χ2n) is 9.60. The lowest BCUT2D eigenvalue weighted by Crippen LogP contribution is -2.42. The lowest BCUT2D eigenvalue weighted by Gasteiger charge is -2.30. The normalized spacial score (nSPS) is 17.2. The summed E-state index contributed by atoms with van der Waals surface area (Å²) in [7, 11) is 1.41. The van der Waals surface area contributed by atoms with Gasteiger partial charge in [-0.3, -0.25) is 24.6 Å². The Morgan fingerprint density at radius 2 is 1.83 bits per heavy atom. The van der Waals surface area contributed by atoms with Crippen LogP contribution in [0.3, 0.4) is 0 Å². The quantitative estimate of drug-likeness (QED) is 0.129. The number of hydrogen-bond donors (Lipinski definition) is 2. The van der Waals surface area contributed by atoms with Crippen molar-refractivity contribution in [2.75, 3.05) is 30.4 Å². The number of benzene rings is 2. The summed E-state index contributed by atoms with van der Waals surface area (Å²) < 4.78 is 58.8. The summed E-state index contributed by atoms with van der Waals surface area (Å²) in [5.41, 5.74) is -1.68. The molecule has 4 rings (SSSR count). The fraction of sp³-hybridized carbons (Fsp3) is 0.370. The number of nitrogens with one attached hydrogen (secondary N) is 2. The number of aromatic nitrogens is 1. The van der Waals surface area contributed by atoms with Crippen molar-refractivity contribution >= 4 is 39.9 Å². The maximum atomic E-state index is 13.4. The van der Waals surface area contributed by atoms with E-state index in [-0.39, 0.29) is 36.8 Å². The molecule has 10 nitrogen and oxygen atoms in total. The van der Waals surface area contributed by atoms with Crippen molar-refractivity contribution in [1.29, 1.82) is 0 Å². The molecule has 1 aliphatic carbocycles. The highest BCUT2D eigenvalue weighted by Crippen LogP contribution is 2.38. The lowest BCUT2D eigenvalue weighted by atomic mass is 9.92. The van der Waals surface area contributed by atoms with E-state index in [0.29, 0.717) is 36.6 Å². The number of nitro benzene ring substituents is 1. The molecule has 1 fully saturated rings. The van der Waals surface area contributed by atoms with Gasteiger partial charge in [0.25, 0.3) is 5.69 Å². The summed E-state index contributed by atoms with van der Waals surface area (Å²) in [5.74, 6) is -1.85. The number of ether oxygens (including phenoxy) is 1. The van der Waals surface area contributed by atoms with Crippen LogP contribution >= 0.6 is 0 Å². The Morgan fingerprint density at radius 3 is 2.51 bits per heavy atom. The highest BCUT2D eigenvalue weighted by Gasteiger charge is 2.38. The van der Waals surface area contributed by atoms with E-state index >= 15 is 0 Å². The van der Waals surface area contributed by atoms with Gasteiger partial charge < -0.3 is 15.4 Å². The minimum atomic E-state index is -4.85. The van der Waals surface area contributed by atoms with Gasteiger partial charge in [0.15, 0.2) is 0 Å². The number of anilines is 2. The Labute approximate surface area is 231 Å². The molecule has 0 spiro atoms. The van der Waals surface area contributed by atoms with Gasteiger partial charge in [0.05, 0.1) is 23.2 Å². The summed E-state index contributed by atoms with van der Waals surface area (Å²) in [5, 5.41) is 17.0. The first-order valence-corrected chi connectivity index (χ1v) is 12.8. The van der Waals surface area contributed by atoms with Gasteiger partial charge in [-0.2, -0.15) is 13.2 Å². The molecule has 0 aliphatic heterocycles. The third-order valence-corrected chi connectivity index (χ3v) is 6.76. The highest BCUT2D eigenvalue weighted by molar-refractivity contribution is 6.40. The summed E-state index contributed by atoms with van der Waals surface area (Å²) >= 11 is 0. The smallest absolute Gasteiger partial charge is 0.382 e. The second kappa shape index (κ2) is 12.5. The molecule has 2 amide bonds. The maximum Gasteiger partial charge on any atom is 0.423 e. The molecule has 218 valence electrons. The summed E-state index contributed by atoms with van der Waals surface area (Å²) in [6, 6.07) is 9.88. The number of halogens is 4. The van der Waals surface area contributed by atoms with Gasteiger partial charge in [0.1, 0.15) is 17.2 Å². The van der Waals surface area contributed by atoms with E-state index < -0.39 is 40.0 Å². The Hall–Kier alpha value is -4.33. The maximum absolute atomic E-state index is 13.4. The predicted molar refractivity (Wildman–Crippen MR) is 142 cm³/mol. The van der Waals surface area contributed by atoms with Crippen molar-refractivity contribution in [1.82, 2.24) is 10.3 Å². The average molecular weight is 578 g/mol. The minimum Gasteiger partial charge on any atom is -0.382 e. The Kier molecular flexibility index (Phi) is 9.01. The highest BCUT2D eigenvalue weighted by atomic mass is 19.4. The molecule has 1 aliphatic rings. The van der Waals surface area contributed by atoms with Crippen LogP contribution in [0, 0.1) is 15.9 Å². The SMILES string of the molecule is CN(C(=O)C(=O)NCCOC1CCC(Nc2ccc([N+](=O)[O-])c(C(F)(F)F)c2)CC1)c1ccc2cc(F)ccc2n1. The molecular formula is C27H27F4N5O5. The van der Waals surface area contributed by atoms with Crippen LogP contribution < -0.4 is 15.5 Å². The number of fused-ring (bicyclic) bond motifs is 1. The number of pyridine rings is 1. The predicted octanol–water partition coefficient (Wildman–Crippen LogP) is 4.82. The van der Waals surface area contributed by atoms with Crippen LogP contribution in [0.2, 0.25) is 0 Å². The van der Waals surface area contributed by atoms with E-state index in [1.807, 2.05) is 0 Å². The molecule has 0 unspecified atom stereocenters. The van der Waals surface area contributed by atoms with E-state index in [2.05, 4.69) is 15.6 Å². The monoisotopic (exact) mass is 577 g/mol. The third kappa shape index (κ3) is 7.45. The average Bonchev–Trinajstić information content (AvgIpc) is 2.94. The van der Waals surface area contributed by atoms with Crippen LogP contribution in [0.25, 0.3) is 10.9 Å². The van der Waals surface area contributed by atoms with E-state index in [4.69, 9.17) is 4.74 Å². The standard InChI is InChI=1S/C27H27F4N5O5/c1-35(24-11-2-16-14-17(28)3-9-22(16)34-24)26(38)25(37)32-12-13-41-20-7-4-18(5-8-20)33-19-6-10-23(36(39)40)21(15-19)27(29,30)31/h2-3,6,9-11,14-15,18,20,33H,4-5,7-8,12-13H2,1H3,(H,32,37). The molecule has 1 heterocycles. The molecule has 41 heavy (non-hydrogen) atoms. The number of nitro groups is 1. The number of carbonyl (C=O) groups is 2. The summed E-state index contributed by atoms with van der Waals surface area (Å²) in [6.07, 6.45) is -2.55. The first-order valence-electron chi connectivity index (χ1n) is 12.8. The zero-order valence-electron chi connectivity index (χ0n) is 21.9. The largest absolute Gasteiger partial charge is 0.423 e. The van der Waals surface area contributed by atoms with Crippen LogP contribution in [0.5, 0.6) is 0 Å². The van der Waals surface area contributed by atoms with Crippen LogP contribution in [-0.4, -0.2) is 54.1 Å². The summed E-state index contributed by atoms with van der Waals surface area (Å²) in [6.45, 7) is 0.243. The van der Waals surface area contributed by atoms with Crippen molar-refractivity contribution in [2.45, 2.75) is 44.0 Å². The van der Waals surface area contributed by atoms with Crippen molar-refractivity contribution < 1.29 is 36.8 Å². The Bertz CT molecular complexity index is 1440. The molecule has 0 radical (unpaired) electrons. The molecule has 2 aromatic carbocycles. The van der Waals surface area contributed by atoms with E-state index in [1.54, 1.807) is 6.07 Å². The number of carbonyl (C=O) groups excluding carboxylic acids is 2. The minimum absolute atomic E-state index is 0.0873. The zero-order chi connectivity index (χ0) is 29.7. The molecule has 14 heteroatoms. The van der Waals surface area contributed by atoms with E-state index in [9.17, 15) is 37.3 Å². The molecule has 3 aromatic rings. The number of amides is 2. The number of alkyl halides is 3. The topological polar surface area (TPSA) is 127 Å². The number of nitrogens with zero attached hydrogens (tertiary/aromatic N) is 3. The van der Waals surface area contributed by atoms with Crippen molar-refractivity contribution in [3.8, 4) is 0 Å². The first-order chi connectivity index (χ1) is 19.4. The lowest BCUT2D eigenvalue weighted by molar-refractivity contribution is -0.388. The third-order valence-electron chi connectivity index (χ3n) is 6.76. The van der Waals surface area contributed by atoms with Gasteiger partial charge in [-0.05, 0) is 68.1 Å². The molecule has 0 saturated heterocycles. The van der Waals surface area contributed by atoms with Crippen LogP contribution in [-0.2, 0) is 20.5 Å². The van der Waals surface area contributed by atoms with Gasteiger partial charge in [-0.25, -0.2) is 9.37 Å². The van der Waals surface area contributed by atoms with Crippen LogP contribution in [0.1, 0.15) is 31.2 Å². The molecular weight excluding hydrogens is 550 g/mol. The van der Waals surface area contributed by atoms with E-state index in [1.165, 1.54) is 37.4 Å². The van der Waals surface area contributed by atoms with Crippen LogP contribution in [0.4, 0.5) is 34.8 Å². The second-order valence-corrected chi connectivity index (χ2v) is 9.60. The fourth-order valence-electron chi connectivity index (χ4n) is 4.62. The molecule has 0 bridgehead atoms. The molecule has 1 saturated carbocycles. The van der Waals surface area contributed by atoms with Gasteiger partial charge >= 0.3 is 18.0 Å². The van der Waals surface area contributed by atoms with Gasteiger partial charge in [0, 0.05) is 36.8 Å². The Morgan fingerprint density at radius 1 is 1.10 bits per heavy atom. The zero-order valence-corrected chi connectivity index (χ0v) is 21.9. The fourth-order valence-corrected chi connectivity index (χ4v) is 4.62. The number of hydrogen-bond acceptors (Lipinski definition) is 7. The first kappa shape index (κ1) is 29.6. The van der Waals surface area contributed by atoms with Gasteiger partial charge in [0.2, 0.25) is 0 Å². The van der Waals surface area contributed by atoms with Crippen molar-refractivity contribution in [3.63, 3.8) is 0 Å². The van der Waals surface area contributed by atoms with Gasteiger partial charge in [-0.1, -0.05) is 0 Å². The summed E-state index contributed by atoms with van der Waals surface area (Å²) in [4.78, 5) is 40.1. The van der Waals surface area contributed by atoms with Crippen molar-refractivity contribution in [2.24, 2.45) is 0 Å². The van der Waals surface area contributed by atoms with E-state index in [0.717, 1.165) is 17.0 Å². The van der Waals surface area contributed by atoms with Crippen molar-refractivity contribution in [3.05, 3.63) is 70.0 Å². The Balaban J connectivity index is 1.19. The number of likely N-dealkylation sites (N-methyl/N-ethyl adjacent to an activating group) is 1. The molecule has 1 aromatic heterocycles. The van der Waals surface area contributed by atoms with Gasteiger partial charge in [-0.15, -0.1) is 0 Å². The van der Waals surface area contributed by atoms with Crippen LogP contribution in [0.15, 0.2) is 48.5 Å².